The highest BCUT2D eigenvalue weighted by molar-refractivity contribution is 9.10. The van der Waals surface area contributed by atoms with Crippen LogP contribution in [0.2, 0.25) is 0 Å². The van der Waals surface area contributed by atoms with E-state index in [4.69, 9.17) is 0 Å². The number of hydrogen-bond donors (Lipinski definition) is 0. The Labute approximate surface area is 175 Å². The molecule has 2 aromatic carbocycles. The second-order valence-corrected chi connectivity index (χ2v) is 9.10. The van der Waals surface area contributed by atoms with Gasteiger partial charge >= 0.3 is 0 Å². The van der Waals surface area contributed by atoms with Gasteiger partial charge in [0.05, 0.1) is 5.56 Å². The van der Waals surface area contributed by atoms with Gasteiger partial charge in [-0.05, 0) is 57.6 Å². The van der Waals surface area contributed by atoms with E-state index >= 15 is 0 Å². The summed E-state index contributed by atoms with van der Waals surface area (Å²) < 4.78 is 0.802. The zero-order valence-electron chi connectivity index (χ0n) is 16.7. The smallest absolute Gasteiger partial charge is 0.255 e. The van der Waals surface area contributed by atoms with Crippen molar-refractivity contribution in [2.24, 2.45) is 0 Å². The number of rotatable bonds is 2. The Kier molecular flexibility index (Phi) is 6.23. The van der Waals surface area contributed by atoms with Gasteiger partial charge in [-0.25, -0.2) is 0 Å². The van der Waals surface area contributed by atoms with Crippen LogP contribution in [0.1, 0.15) is 53.5 Å². The lowest BCUT2D eigenvalue weighted by molar-refractivity contribution is 0.0718. The van der Waals surface area contributed by atoms with Gasteiger partial charge in [-0.15, -0.1) is 0 Å². The van der Waals surface area contributed by atoms with Crippen LogP contribution in [0.15, 0.2) is 53.0 Å². The Morgan fingerprint density at radius 3 is 1.96 bits per heavy atom. The highest BCUT2D eigenvalue weighted by Crippen LogP contribution is 2.23. The molecule has 0 atom stereocenters. The average Bonchev–Trinajstić information content (AvgIpc) is 2.93. The number of halogens is 1. The fourth-order valence-electron chi connectivity index (χ4n) is 3.42. The summed E-state index contributed by atoms with van der Waals surface area (Å²) in [4.78, 5) is 29.5. The van der Waals surface area contributed by atoms with E-state index in [1.165, 1.54) is 5.56 Å². The van der Waals surface area contributed by atoms with Crippen LogP contribution < -0.4 is 0 Å². The first kappa shape index (κ1) is 20.6. The molecule has 2 aromatic rings. The fraction of sp³-hybridized carbons (Fsp3) is 0.391. The van der Waals surface area contributed by atoms with Crippen LogP contribution in [0.5, 0.6) is 0 Å². The summed E-state index contributed by atoms with van der Waals surface area (Å²) in [7, 11) is 0. The molecular weight excluding hydrogens is 416 g/mol. The molecule has 0 aliphatic carbocycles. The van der Waals surface area contributed by atoms with E-state index in [-0.39, 0.29) is 17.2 Å². The Morgan fingerprint density at radius 1 is 0.821 bits per heavy atom. The summed E-state index contributed by atoms with van der Waals surface area (Å²) in [5, 5.41) is 0. The molecule has 1 heterocycles. The van der Waals surface area contributed by atoms with Crippen LogP contribution in [0.3, 0.4) is 0 Å². The minimum absolute atomic E-state index is 0.0105. The van der Waals surface area contributed by atoms with E-state index in [9.17, 15) is 9.59 Å². The Balaban J connectivity index is 1.67. The van der Waals surface area contributed by atoms with E-state index in [1.54, 1.807) is 0 Å². The lowest BCUT2D eigenvalue weighted by atomic mass is 9.86. The molecule has 4 nitrogen and oxygen atoms in total. The van der Waals surface area contributed by atoms with Gasteiger partial charge in [0.15, 0.2) is 0 Å². The minimum Gasteiger partial charge on any atom is -0.337 e. The van der Waals surface area contributed by atoms with E-state index in [2.05, 4.69) is 36.7 Å². The molecule has 5 heteroatoms. The van der Waals surface area contributed by atoms with Crippen molar-refractivity contribution >= 4 is 27.7 Å². The maximum Gasteiger partial charge on any atom is 0.255 e. The van der Waals surface area contributed by atoms with Gasteiger partial charge in [-0.1, -0.05) is 45.0 Å². The predicted molar refractivity (Wildman–Crippen MR) is 116 cm³/mol. The third-order valence-corrected chi connectivity index (χ3v) is 5.86. The normalized spacial score (nSPS) is 15.3. The molecule has 0 aromatic heterocycles. The third-order valence-electron chi connectivity index (χ3n) is 5.17. The van der Waals surface area contributed by atoms with Crippen LogP contribution >= 0.6 is 15.9 Å². The maximum absolute atomic E-state index is 12.9. The van der Waals surface area contributed by atoms with Crippen LogP contribution in [0.4, 0.5) is 0 Å². The quantitative estimate of drug-likeness (QED) is 0.673. The van der Waals surface area contributed by atoms with Gasteiger partial charge in [0, 0.05) is 36.2 Å². The molecule has 0 spiro atoms. The minimum atomic E-state index is 0.0105. The van der Waals surface area contributed by atoms with Crippen LogP contribution in [0.25, 0.3) is 0 Å². The van der Waals surface area contributed by atoms with Crippen LogP contribution in [-0.4, -0.2) is 47.8 Å². The predicted octanol–water partition coefficient (Wildman–Crippen LogP) is 4.73. The lowest BCUT2D eigenvalue weighted by Gasteiger charge is -2.23. The van der Waals surface area contributed by atoms with Gasteiger partial charge in [-0.2, -0.15) is 0 Å². The molecule has 0 N–H and O–H groups in total. The van der Waals surface area contributed by atoms with Gasteiger partial charge in [0.2, 0.25) is 0 Å². The van der Waals surface area contributed by atoms with Crippen molar-refractivity contribution in [2.45, 2.75) is 32.6 Å². The highest BCUT2D eigenvalue weighted by atomic mass is 79.9. The SMILES string of the molecule is CC(C)(C)c1ccc(C(=O)N2CCCN(C(=O)c3ccccc3Br)CC2)cc1. The molecule has 2 amide bonds. The second kappa shape index (κ2) is 8.48. The summed E-state index contributed by atoms with van der Waals surface area (Å²) in [5.41, 5.74) is 2.65. The van der Waals surface area contributed by atoms with Crippen molar-refractivity contribution in [1.82, 2.24) is 9.80 Å². The Morgan fingerprint density at radius 2 is 1.39 bits per heavy atom. The number of amides is 2. The Hall–Kier alpha value is -2.14. The largest absolute Gasteiger partial charge is 0.337 e. The molecule has 1 fully saturated rings. The number of carbonyl (C=O) groups excluding carboxylic acids is 2. The first-order valence-electron chi connectivity index (χ1n) is 9.71. The third kappa shape index (κ3) is 4.64. The van der Waals surface area contributed by atoms with Crippen molar-refractivity contribution in [1.29, 1.82) is 0 Å². The molecule has 3 rings (SSSR count). The van der Waals surface area contributed by atoms with Gasteiger partial charge in [0.25, 0.3) is 11.8 Å². The number of benzene rings is 2. The summed E-state index contributed by atoms with van der Waals surface area (Å²) >= 11 is 3.46. The first-order chi connectivity index (χ1) is 13.3. The molecule has 1 saturated heterocycles. The van der Waals surface area contributed by atoms with E-state index in [1.807, 2.05) is 58.3 Å². The second-order valence-electron chi connectivity index (χ2n) is 8.25. The van der Waals surface area contributed by atoms with Gasteiger partial charge < -0.3 is 9.80 Å². The summed E-state index contributed by atoms with van der Waals surface area (Å²) in [5.74, 6) is 0.0481. The monoisotopic (exact) mass is 442 g/mol. The molecule has 0 saturated carbocycles. The van der Waals surface area contributed by atoms with E-state index < -0.39 is 0 Å². The summed E-state index contributed by atoms with van der Waals surface area (Å²) in [6.07, 6.45) is 0.780. The molecular formula is C23H27BrN2O2. The Bertz CT molecular complexity index is 856. The molecule has 0 radical (unpaired) electrons. The molecule has 0 bridgehead atoms. The molecule has 1 aliphatic rings. The standard InChI is InChI=1S/C23H27BrN2O2/c1-23(2,3)18-11-9-17(10-12-18)21(27)25-13-6-14-26(16-15-25)22(28)19-7-4-5-8-20(19)24/h4-5,7-12H,6,13-16H2,1-3H3. The highest BCUT2D eigenvalue weighted by Gasteiger charge is 2.24. The lowest BCUT2D eigenvalue weighted by Crippen LogP contribution is -2.37. The van der Waals surface area contributed by atoms with Crippen molar-refractivity contribution < 1.29 is 9.59 Å². The molecule has 28 heavy (non-hydrogen) atoms. The summed E-state index contributed by atoms with van der Waals surface area (Å²) in [6, 6.07) is 15.4. The number of hydrogen-bond acceptors (Lipinski definition) is 2. The molecule has 148 valence electrons. The molecule has 0 unspecified atom stereocenters. The zero-order valence-corrected chi connectivity index (χ0v) is 18.3. The van der Waals surface area contributed by atoms with Crippen molar-refractivity contribution in [2.75, 3.05) is 26.2 Å². The van der Waals surface area contributed by atoms with Crippen LogP contribution in [-0.2, 0) is 5.41 Å². The van der Waals surface area contributed by atoms with E-state index in [0.717, 1.165) is 10.9 Å². The number of carbonyl (C=O) groups is 2. The van der Waals surface area contributed by atoms with Crippen molar-refractivity contribution in [3.8, 4) is 0 Å². The van der Waals surface area contributed by atoms with Gasteiger partial charge in [0.1, 0.15) is 0 Å². The van der Waals surface area contributed by atoms with Gasteiger partial charge in [-0.3, -0.25) is 9.59 Å². The number of nitrogens with zero attached hydrogens (tertiary/aromatic N) is 2. The van der Waals surface area contributed by atoms with Crippen molar-refractivity contribution in [3.63, 3.8) is 0 Å². The zero-order chi connectivity index (χ0) is 20.3. The summed E-state index contributed by atoms with van der Waals surface area (Å²) in [6.45, 7) is 8.91. The first-order valence-corrected chi connectivity index (χ1v) is 10.5. The van der Waals surface area contributed by atoms with E-state index in [0.29, 0.717) is 37.3 Å². The van der Waals surface area contributed by atoms with Crippen LogP contribution in [0, 0.1) is 0 Å². The topological polar surface area (TPSA) is 40.6 Å². The average molecular weight is 443 g/mol. The fourth-order valence-corrected chi connectivity index (χ4v) is 3.88. The maximum atomic E-state index is 12.9. The van der Waals surface area contributed by atoms with Crippen molar-refractivity contribution in [3.05, 3.63) is 69.7 Å². The molecule has 1 aliphatic heterocycles.